The molecule has 0 fully saturated rings. The largest absolute Gasteiger partial charge is 0.326 e. The number of hydrogen-bond donors (Lipinski definition) is 2. The van der Waals surface area contributed by atoms with Crippen molar-refractivity contribution in [3.63, 3.8) is 0 Å². The lowest BCUT2D eigenvalue weighted by Gasteiger charge is -2.08. The first-order chi connectivity index (χ1) is 12.0. The summed E-state index contributed by atoms with van der Waals surface area (Å²) in [6.07, 6.45) is 1.79. The number of benzene rings is 1. The van der Waals surface area contributed by atoms with Crippen LogP contribution in [0.1, 0.15) is 16.8 Å². The molecular formula is C18H17ClN4OS. The summed E-state index contributed by atoms with van der Waals surface area (Å²) in [5.74, 6) is 0.568. The Morgan fingerprint density at radius 1 is 1.24 bits per heavy atom. The fourth-order valence-corrected chi connectivity index (χ4v) is 3.15. The molecule has 0 radical (unpaired) electrons. The zero-order valence-electron chi connectivity index (χ0n) is 13.8. The summed E-state index contributed by atoms with van der Waals surface area (Å²) >= 11 is 7.24. The van der Waals surface area contributed by atoms with Gasteiger partial charge in [-0.15, -0.1) is 11.3 Å². The van der Waals surface area contributed by atoms with Crippen LogP contribution < -0.4 is 10.6 Å². The maximum absolute atomic E-state index is 12.2. The Morgan fingerprint density at radius 2 is 2.08 bits per heavy atom. The van der Waals surface area contributed by atoms with Gasteiger partial charge in [0.1, 0.15) is 5.82 Å². The SMILES string of the molecule is Cc1ccc(NC(=O)Cc2csc(Nc3ccc(Cl)cn3)n2)c(C)c1. The summed E-state index contributed by atoms with van der Waals surface area (Å²) in [6, 6.07) is 9.47. The number of aromatic nitrogens is 2. The Hall–Kier alpha value is -2.44. The Labute approximate surface area is 155 Å². The van der Waals surface area contributed by atoms with Crippen LogP contribution in [0.5, 0.6) is 0 Å². The van der Waals surface area contributed by atoms with Crippen LogP contribution in [0.3, 0.4) is 0 Å². The van der Waals surface area contributed by atoms with Crippen molar-refractivity contribution in [2.24, 2.45) is 0 Å². The lowest BCUT2D eigenvalue weighted by atomic mass is 10.1. The number of carbonyl (C=O) groups excluding carboxylic acids is 1. The fraction of sp³-hybridized carbons (Fsp3) is 0.167. The van der Waals surface area contributed by atoms with Crippen molar-refractivity contribution in [1.29, 1.82) is 0 Å². The molecule has 0 aliphatic carbocycles. The van der Waals surface area contributed by atoms with E-state index in [0.717, 1.165) is 11.3 Å². The average molecular weight is 373 g/mol. The van der Waals surface area contributed by atoms with Crippen LogP contribution in [0, 0.1) is 13.8 Å². The monoisotopic (exact) mass is 372 g/mol. The molecule has 7 heteroatoms. The Kier molecular flexibility index (Phi) is 5.31. The lowest BCUT2D eigenvalue weighted by Crippen LogP contribution is -2.15. The van der Waals surface area contributed by atoms with Gasteiger partial charge in [-0.2, -0.15) is 0 Å². The first kappa shape index (κ1) is 17.4. The van der Waals surface area contributed by atoms with E-state index < -0.39 is 0 Å². The van der Waals surface area contributed by atoms with Crippen LogP contribution in [0.2, 0.25) is 5.02 Å². The van der Waals surface area contributed by atoms with Gasteiger partial charge in [0.15, 0.2) is 5.13 Å². The number of pyridine rings is 1. The van der Waals surface area contributed by atoms with E-state index >= 15 is 0 Å². The summed E-state index contributed by atoms with van der Waals surface area (Å²) in [6.45, 7) is 4.00. The number of thiazole rings is 1. The quantitative estimate of drug-likeness (QED) is 0.679. The Morgan fingerprint density at radius 3 is 2.80 bits per heavy atom. The zero-order chi connectivity index (χ0) is 17.8. The van der Waals surface area contributed by atoms with Gasteiger partial charge in [0, 0.05) is 17.3 Å². The number of nitrogens with zero attached hydrogens (tertiary/aromatic N) is 2. The summed E-state index contributed by atoms with van der Waals surface area (Å²) in [7, 11) is 0. The number of hydrogen-bond acceptors (Lipinski definition) is 5. The molecule has 2 aromatic heterocycles. The summed E-state index contributed by atoms with van der Waals surface area (Å²) in [5.41, 5.74) is 3.75. The first-order valence-electron chi connectivity index (χ1n) is 7.70. The van der Waals surface area contributed by atoms with Gasteiger partial charge in [0.05, 0.1) is 17.1 Å². The second-order valence-corrected chi connectivity index (χ2v) is 6.97. The van der Waals surface area contributed by atoms with Crippen LogP contribution in [-0.4, -0.2) is 15.9 Å². The molecule has 3 rings (SSSR count). The molecule has 128 valence electrons. The third-order valence-electron chi connectivity index (χ3n) is 3.51. The summed E-state index contributed by atoms with van der Waals surface area (Å²) in [4.78, 5) is 20.8. The molecular weight excluding hydrogens is 356 g/mol. The summed E-state index contributed by atoms with van der Waals surface area (Å²) in [5, 5.41) is 9.15. The highest BCUT2D eigenvalue weighted by Gasteiger charge is 2.10. The Bertz CT molecular complexity index is 892. The van der Waals surface area contributed by atoms with Crippen molar-refractivity contribution in [2.45, 2.75) is 20.3 Å². The molecule has 0 saturated heterocycles. The van der Waals surface area contributed by atoms with Gasteiger partial charge in [-0.1, -0.05) is 29.3 Å². The van der Waals surface area contributed by atoms with Gasteiger partial charge in [0.25, 0.3) is 0 Å². The van der Waals surface area contributed by atoms with Crippen LogP contribution in [0.25, 0.3) is 0 Å². The van der Waals surface area contributed by atoms with Crippen LogP contribution in [0.15, 0.2) is 41.9 Å². The van der Waals surface area contributed by atoms with Crippen LogP contribution in [0.4, 0.5) is 16.6 Å². The number of nitrogens with one attached hydrogen (secondary N) is 2. The molecule has 0 bridgehead atoms. The van der Waals surface area contributed by atoms with Gasteiger partial charge in [0.2, 0.25) is 5.91 Å². The van der Waals surface area contributed by atoms with Gasteiger partial charge >= 0.3 is 0 Å². The van der Waals surface area contributed by atoms with Crippen molar-refractivity contribution in [3.05, 3.63) is 63.8 Å². The molecule has 0 aliphatic heterocycles. The van der Waals surface area contributed by atoms with E-state index in [2.05, 4.69) is 20.6 Å². The molecule has 2 N–H and O–H groups in total. The highest BCUT2D eigenvalue weighted by molar-refractivity contribution is 7.13. The highest BCUT2D eigenvalue weighted by atomic mass is 35.5. The number of aryl methyl sites for hydroxylation is 2. The predicted molar refractivity (Wildman–Crippen MR) is 103 cm³/mol. The number of carbonyl (C=O) groups is 1. The summed E-state index contributed by atoms with van der Waals surface area (Å²) < 4.78 is 0. The van der Waals surface area contributed by atoms with Gasteiger partial charge in [-0.05, 0) is 37.6 Å². The molecule has 1 amide bonds. The van der Waals surface area contributed by atoms with Gasteiger partial charge in [-0.3, -0.25) is 4.79 Å². The molecule has 1 aromatic carbocycles. The van der Waals surface area contributed by atoms with E-state index in [-0.39, 0.29) is 12.3 Å². The number of amides is 1. The van der Waals surface area contributed by atoms with Crippen molar-refractivity contribution in [3.8, 4) is 0 Å². The normalized spacial score (nSPS) is 10.5. The minimum absolute atomic E-state index is 0.0894. The minimum Gasteiger partial charge on any atom is -0.326 e. The standard InChI is InChI=1S/C18H17ClN4OS/c1-11-3-5-15(12(2)7-11)22-17(24)8-14-10-25-18(21-14)23-16-6-4-13(19)9-20-16/h3-7,9-10H,8H2,1-2H3,(H,22,24)(H,20,21,23). The van der Waals surface area contributed by atoms with E-state index in [0.29, 0.717) is 21.7 Å². The number of rotatable bonds is 5. The van der Waals surface area contributed by atoms with Gasteiger partial charge < -0.3 is 10.6 Å². The molecule has 3 aromatic rings. The van der Waals surface area contributed by atoms with Crippen molar-refractivity contribution < 1.29 is 4.79 Å². The predicted octanol–water partition coefficient (Wildman–Crippen LogP) is 4.73. The smallest absolute Gasteiger partial charge is 0.230 e. The van der Waals surface area contributed by atoms with E-state index in [4.69, 9.17) is 11.6 Å². The topological polar surface area (TPSA) is 66.9 Å². The van der Waals surface area contributed by atoms with Crippen molar-refractivity contribution in [2.75, 3.05) is 10.6 Å². The van der Waals surface area contributed by atoms with E-state index in [1.165, 1.54) is 16.9 Å². The third kappa shape index (κ3) is 4.78. The molecule has 0 atom stereocenters. The fourth-order valence-electron chi connectivity index (χ4n) is 2.32. The molecule has 5 nitrogen and oxygen atoms in total. The second kappa shape index (κ2) is 7.63. The zero-order valence-corrected chi connectivity index (χ0v) is 15.4. The van der Waals surface area contributed by atoms with E-state index in [1.54, 1.807) is 18.3 Å². The molecule has 0 spiro atoms. The molecule has 0 unspecified atom stereocenters. The number of anilines is 3. The molecule has 0 aliphatic rings. The van der Waals surface area contributed by atoms with Crippen molar-refractivity contribution >= 4 is 45.5 Å². The van der Waals surface area contributed by atoms with E-state index in [9.17, 15) is 4.79 Å². The highest BCUT2D eigenvalue weighted by Crippen LogP contribution is 2.21. The third-order valence-corrected chi connectivity index (χ3v) is 4.54. The molecule has 0 saturated carbocycles. The lowest BCUT2D eigenvalue weighted by molar-refractivity contribution is -0.115. The number of halogens is 1. The second-order valence-electron chi connectivity index (χ2n) is 5.67. The Balaban J connectivity index is 1.60. The van der Waals surface area contributed by atoms with Crippen LogP contribution in [-0.2, 0) is 11.2 Å². The van der Waals surface area contributed by atoms with Crippen LogP contribution >= 0.6 is 22.9 Å². The van der Waals surface area contributed by atoms with Crippen molar-refractivity contribution in [1.82, 2.24) is 9.97 Å². The molecule has 2 heterocycles. The maximum Gasteiger partial charge on any atom is 0.230 e. The minimum atomic E-state index is -0.0894. The van der Waals surface area contributed by atoms with Gasteiger partial charge in [-0.25, -0.2) is 9.97 Å². The van der Waals surface area contributed by atoms with E-state index in [1.807, 2.05) is 37.4 Å². The maximum atomic E-state index is 12.2. The average Bonchev–Trinajstić information content (AvgIpc) is 2.99. The molecule has 25 heavy (non-hydrogen) atoms. The first-order valence-corrected chi connectivity index (χ1v) is 8.95.